The number of hydrogen-bond acceptors (Lipinski definition) is 3. The lowest BCUT2D eigenvalue weighted by molar-refractivity contribution is -0.144. The van der Waals surface area contributed by atoms with Crippen LogP contribution in [0.3, 0.4) is 0 Å². The number of hydrogen-bond donors (Lipinski definition) is 0. The highest BCUT2D eigenvalue weighted by Crippen LogP contribution is 2.44. The summed E-state index contributed by atoms with van der Waals surface area (Å²) in [6, 6.07) is 6.05. The average molecular weight is 413 g/mol. The molecule has 28 heavy (non-hydrogen) atoms. The van der Waals surface area contributed by atoms with Crippen LogP contribution in [0.5, 0.6) is 0 Å². The molecular weight excluding hydrogens is 393 g/mol. The molecule has 2 aromatic heterocycles. The third-order valence-electron chi connectivity index (χ3n) is 6.00. The van der Waals surface area contributed by atoms with Crippen molar-refractivity contribution in [2.75, 3.05) is 26.7 Å². The van der Waals surface area contributed by atoms with E-state index in [4.69, 9.17) is 11.6 Å². The Kier molecular flexibility index (Phi) is 4.66. The fraction of sp³-hybridized carbons (Fsp3) is 0.474. The van der Waals surface area contributed by atoms with Gasteiger partial charge in [-0.15, -0.1) is 0 Å². The van der Waals surface area contributed by atoms with E-state index in [2.05, 4.69) is 9.88 Å². The SMILES string of the molecule is CN1CCn2c(C(F)(F)F)ccc2C12CCN(C(=O)c1cccnc1Cl)CC2. The first kappa shape index (κ1) is 19.3. The number of amides is 1. The van der Waals surface area contributed by atoms with Crippen LogP contribution in [0.4, 0.5) is 13.2 Å². The molecule has 0 radical (unpaired) electrons. The molecule has 1 amide bonds. The van der Waals surface area contributed by atoms with Crippen molar-refractivity contribution in [2.45, 2.75) is 31.1 Å². The lowest BCUT2D eigenvalue weighted by Crippen LogP contribution is -2.56. The zero-order chi connectivity index (χ0) is 20.1. The van der Waals surface area contributed by atoms with Crippen LogP contribution < -0.4 is 0 Å². The molecule has 0 bridgehead atoms. The van der Waals surface area contributed by atoms with E-state index < -0.39 is 17.4 Å². The van der Waals surface area contributed by atoms with E-state index in [0.29, 0.717) is 50.3 Å². The number of likely N-dealkylation sites (tertiary alicyclic amines) is 1. The number of fused-ring (bicyclic) bond motifs is 2. The Bertz CT molecular complexity index is 903. The molecule has 2 aliphatic rings. The van der Waals surface area contributed by atoms with E-state index in [-0.39, 0.29) is 11.1 Å². The first-order chi connectivity index (χ1) is 13.2. The highest BCUT2D eigenvalue weighted by molar-refractivity contribution is 6.32. The molecule has 1 saturated heterocycles. The van der Waals surface area contributed by atoms with Gasteiger partial charge in [0.2, 0.25) is 0 Å². The highest BCUT2D eigenvalue weighted by Gasteiger charge is 2.47. The molecule has 0 aromatic carbocycles. The summed E-state index contributed by atoms with van der Waals surface area (Å²) in [6.07, 6.45) is -1.72. The summed E-state index contributed by atoms with van der Waals surface area (Å²) in [5.74, 6) is -0.197. The molecule has 1 spiro atoms. The summed E-state index contributed by atoms with van der Waals surface area (Å²) in [4.78, 5) is 20.6. The Hall–Kier alpha value is -2.06. The number of likely N-dealkylation sites (N-methyl/N-ethyl adjacent to an activating group) is 1. The van der Waals surface area contributed by atoms with Gasteiger partial charge in [-0.1, -0.05) is 11.6 Å². The topological polar surface area (TPSA) is 41.4 Å². The lowest BCUT2D eigenvalue weighted by Gasteiger charge is -2.50. The molecule has 4 heterocycles. The van der Waals surface area contributed by atoms with Crippen LogP contribution in [0.2, 0.25) is 5.15 Å². The molecule has 9 heteroatoms. The maximum Gasteiger partial charge on any atom is 0.431 e. The molecule has 2 aromatic rings. The van der Waals surface area contributed by atoms with Crippen LogP contribution in [0.15, 0.2) is 30.5 Å². The van der Waals surface area contributed by atoms with Crippen LogP contribution in [0, 0.1) is 0 Å². The van der Waals surface area contributed by atoms with Crippen LogP contribution in [0.25, 0.3) is 0 Å². The van der Waals surface area contributed by atoms with Crippen LogP contribution in [-0.2, 0) is 18.3 Å². The Morgan fingerprint density at radius 2 is 1.86 bits per heavy atom. The minimum atomic E-state index is -4.37. The molecule has 5 nitrogen and oxygen atoms in total. The van der Waals surface area contributed by atoms with E-state index >= 15 is 0 Å². The van der Waals surface area contributed by atoms with Gasteiger partial charge in [-0.2, -0.15) is 13.2 Å². The molecule has 0 saturated carbocycles. The molecule has 2 aliphatic heterocycles. The van der Waals surface area contributed by atoms with Gasteiger partial charge < -0.3 is 9.47 Å². The molecule has 0 aliphatic carbocycles. The average Bonchev–Trinajstić information content (AvgIpc) is 3.11. The summed E-state index contributed by atoms with van der Waals surface area (Å²) in [5.41, 5.74) is -0.0763. The molecule has 1 fully saturated rings. The summed E-state index contributed by atoms with van der Waals surface area (Å²) in [7, 11) is 1.94. The zero-order valence-electron chi connectivity index (χ0n) is 15.3. The number of nitrogens with zero attached hydrogens (tertiary/aromatic N) is 4. The van der Waals surface area contributed by atoms with E-state index in [9.17, 15) is 18.0 Å². The normalized spacial score (nSPS) is 19.7. The highest BCUT2D eigenvalue weighted by atomic mass is 35.5. The number of carbonyl (C=O) groups is 1. The van der Waals surface area contributed by atoms with Crippen molar-refractivity contribution in [3.8, 4) is 0 Å². The number of piperidine rings is 1. The van der Waals surface area contributed by atoms with E-state index in [1.54, 1.807) is 23.1 Å². The summed E-state index contributed by atoms with van der Waals surface area (Å²) < 4.78 is 41.4. The van der Waals surface area contributed by atoms with Crippen molar-refractivity contribution in [2.24, 2.45) is 0 Å². The van der Waals surface area contributed by atoms with Gasteiger partial charge in [-0.3, -0.25) is 9.69 Å². The largest absolute Gasteiger partial charge is 0.431 e. The van der Waals surface area contributed by atoms with Gasteiger partial charge in [0.05, 0.1) is 11.1 Å². The number of rotatable bonds is 1. The van der Waals surface area contributed by atoms with Crippen molar-refractivity contribution in [3.05, 3.63) is 52.6 Å². The number of alkyl halides is 3. The maximum absolute atomic E-state index is 13.3. The number of pyridine rings is 1. The van der Waals surface area contributed by atoms with Crippen LogP contribution in [0.1, 0.15) is 34.6 Å². The van der Waals surface area contributed by atoms with Gasteiger partial charge in [0.25, 0.3) is 5.91 Å². The molecule has 150 valence electrons. The second kappa shape index (κ2) is 6.77. The predicted molar refractivity (Wildman–Crippen MR) is 98.1 cm³/mol. The molecule has 0 atom stereocenters. The molecule has 0 N–H and O–H groups in total. The maximum atomic E-state index is 13.3. The third kappa shape index (κ3) is 2.99. The Labute approximate surface area is 165 Å². The minimum Gasteiger partial charge on any atom is -0.338 e. The van der Waals surface area contributed by atoms with Crippen molar-refractivity contribution in [3.63, 3.8) is 0 Å². The summed E-state index contributed by atoms with van der Waals surface area (Å²) >= 11 is 6.04. The van der Waals surface area contributed by atoms with Crippen LogP contribution in [-0.4, -0.2) is 51.9 Å². The molecular formula is C19H20ClF3N4O. The fourth-order valence-corrected chi connectivity index (χ4v) is 4.66. The standard InChI is InChI=1S/C19H20ClF3N4O/c1-25-11-12-27-14(4-5-15(27)19(21,22)23)18(25)6-9-26(10-7-18)17(28)13-3-2-8-24-16(13)20/h2-5,8H,6-7,9-12H2,1H3. The summed E-state index contributed by atoms with van der Waals surface area (Å²) in [5, 5.41) is 0.159. The van der Waals surface area contributed by atoms with E-state index in [1.807, 2.05) is 7.05 Å². The van der Waals surface area contributed by atoms with Gasteiger partial charge in [-0.25, -0.2) is 4.98 Å². The first-order valence-corrected chi connectivity index (χ1v) is 9.50. The third-order valence-corrected chi connectivity index (χ3v) is 6.31. The Morgan fingerprint density at radius 1 is 1.14 bits per heavy atom. The Morgan fingerprint density at radius 3 is 2.50 bits per heavy atom. The van der Waals surface area contributed by atoms with Crippen molar-refractivity contribution in [1.82, 2.24) is 19.4 Å². The van der Waals surface area contributed by atoms with Crippen molar-refractivity contribution < 1.29 is 18.0 Å². The van der Waals surface area contributed by atoms with Gasteiger partial charge in [-0.05, 0) is 44.2 Å². The number of carbonyl (C=O) groups excluding carboxylic acids is 1. The smallest absolute Gasteiger partial charge is 0.338 e. The Balaban J connectivity index is 1.60. The molecule has 4 rings (SSSR count). The van der Waals surface area contributed by atoms with E-state index in [0.717, 1.165) is 0 Å². The first-order valence-electron chi connectivity index (χ1n) is 9.12. The summed E-state index contributed by atoms with van der Waals surface area (Å²) in [6.45, 7) is 1.73. The quantitative estimate of drug-likeness (QED) is 0.672. The minimum absolute atomic E-state index is 0.159. The fourth-order valence-electron chi connectivity index (χ4n) is 4.46. The zero-order valence-corrected chi connectivity index (χ0v) is 16.1. The second-order valence-electron chi connectivity index (χ2n) is 7.34. The van der Waals surface area contributed by atoms with Gasteiger partial charge in [0, 0.05) is 38.1 Å². The van der Waals surface area contributed by atoms with Gasteiger partial charge in [0.1, 0.15) is 10.8 Å². The van der Waals surface area contributed by atoms with Crippen molar-refractivity contribution >= 4 is 17.5 Å². The lowest BCUT2D eigenvalue weighted by atomic mass is 9.81. The molecule has 0 unspecified atom stereocenters. The number of aromatic nitrogens is 2. The second-order valence-corrected chi connectivity index (χ2v) is 7.70. The van der Waals surface area contributed by atoms with Crippen molar-refractivity contribution in [1.29, 1.82) is 0 Å². The van der Waals surface area contributed by atoms with Gasteiger partial charge >= 0.3 is 6.18 Å². The number of halogens is 4. The van der Waals surface area contributed by atoms with E-state index in [1.165, 1.54) is 16.8 Å². The van der Waals surface area contributed by atoms with Gasteiger partial charge in [0.15, 0.2) is 0 Å². The monoisotopic (exact) mass is 412 g/mol. The predicted octanol–water partition coefficient (Wildman–Crippen LogP) is 3.63. The van der Waals surface area contributed by atoms with Crippen LogP contribution >= 0.6 is 11.6 Å².